The van der Waals surface area contributed by atoms with Crippen LogP contribution < -0.4 is 11.1 Å². The number of nitrogen functional groups attached to an aromatic ring is 1. The van der Waals surface area contributed by atoms with Gasteiger partial charge in [-0.05, 0) is 68.0 Å². The number of hydrogen-bond donors (Lipinski definition) is 2. The lowest BCUT2D eigenvalue weighted by Crippen LogP contribution is -2.49. The topological polar surface area (TPSA) is 87.9 Å². The van der Waals surface area contributed by atoms with Crippen molar-refractivity contribution in [3.63, 3.8) is 0 Å². The van der Waals surface area contributed by atoms with Crippen LogP contribution in [0.3, 0.4) is 0 Å². The van der Waals surface area contributed by atoms with E-state index in [4.69, 9.17) is 22.1 Å². The Morgan fingerprint density at radius 1 is 1.14 bits per heavy atom. The van der Waals surface area contributed by atoms with Crippen molar-refractivity contribution in [2.45, 2.75) is 51.3 Å². The summed E-state index contributed by atoms with van der Waals surface area (Å²) in [4.78, 5) is 30.3. The Hall–Kier alpha value is -1.94. The van der Waals surface area contributed by atoms with E-state index in [0.29, 0.717) is 42.5 Å². The number of thioether (sulfide) groups is 1. The number of piperazine rings is 1. The number of nitrogens with one attached hydrogen (secondary N) is 1. The van der Waals surface area contributed by atoms with Gasteiger partial charge in [0.25, 0.3) is 5.91 Å². The number of amides is 2. The molecule has 36 heavy (non-hydrogen) atoms. The second kappa shape index (κ2) is 12.5. The van der Waals surface area contributed by atoms with Crippen LogP contribution in [0.15, 0.2) is 39.7 Å². The fourth-order valence-electron chi connectivity index (χ4n) is 3.86. The van der Waals surface area contributed by atoms with Crippen molar-refractivity contribution in [1.29, 1.82) is 0 Å². The molecule has 1 fully saturated rings. The number of nitrogens with two attached hydrogens (primary N) is 1. The van der Waals surface area contributed by atoms with E-state index in [2.05, 4.69) is 33.1 Å². The molecule has 0 atom stereocenters. The highest BCUT2D eigenvalue weighted by Crippen LogP contribution is 2.28. The number of anilines is 1. The van der Waals surface area contributed by atoms with E-state index in [-0.39, 0.29) is 12.0 Å². The van der Waals surface area contributed by atoms with Crippen molar-refractivity contribution < 1.29 is 14.3 Å². The lowest BCUT2D eigenvalue weighted by Gasteiger charge is -2.35. The molecule has 2 aromatic rings. The summed E-state index contributed by atoms with van der Waals surface area (Å²) < 4.78 is 6.29. The Morgan fingerprint density at radius 3 is 2.47 bits per heavy atom. The molecule has 2 amide bonds. The molecule has 1 aliphatic rings. The minimum Gasteiger partial charge on any atom is -0.444 e. The number of nitrogens with zero attached hydrogens (tertiary/aromatic N) is 2. The van der Waals surface area contributed by atoms with Crippen LogP contribution >= 0.6 is 39.3 Å². The van der Waals surface area contributed by atoms with E-state index >= 15 is 0 Å². The van der Waals surface area contributed by atoms with Gasteiger partial charge in [-0.3, -0.25) is 9.69 Å². The third kappa shape index (κ3) is 8.03. The second-order valence-electron chi connectivity index (χ2n) is 9.64. The van der Waals surface area contributed by atoms with Crippen molar-refractivity contribution >= 4 is 57.0 Å². The normalized spacial score (nSPS) is 14.6. The van der Waals surface area contributed by atoms with E-state index in [9.17, 15) is 9.59 Å². The van der Waals surface area contributed by atoms with Gasteiger partial charge in [0.2, 0.25) is 0 Å². The van der Waals surface area contributed by atoms with Gasteiger partial charge in [0, 0.05) is 59.3 Å². The van der Waals surface area contributed by atoms with Crippen LogP contribution in [0.25, 0.3) is 0 Å². The van der Waals surface area contributed by atoms with Crippen LogP contribution in [-0.2, 0) is 17.8 Å². The van der Waals surface area contributed by atoms with Crippen molar-refractivity contribution in [3.8, 4) is 0 Å². The first-order valence-electron chi connectivity index (χ1n) is 11.9. The number of halogens is 2. The average molecular weight is 598 g/mol. The largest absolute Gasteiger partial charge is 0.444 e. The Bertz CT molecular complexity index is 1100. The highest BCUT2D eigenvalue weighted by Gasteiger charge is 2.26. The van der Waals surface area contributed by atoms with Crippen LogP contribution in [-0.4, -0.2) is 59.3 Å². The van der Waals surface area contributed by atoms with Crippen LogP contribution in [0.2, 0.25) is 5.02 Å². The first-order chi connectivity index (χ1) is 17.0. The van der Waals surface area contributed by atoms with E-state index in [1.54, 1.807) is 22.7 Å². The number of ether oxygens (including phenoxy) is 1. The van der Waals surface area contributed by atoms with E-state index < -0.39 is 5.60 Å². The van der Waals surface area contributed by atoms with Crippen LogP contribution in [0.4, 0.5) is 10.5 Å². The lowest BCUT2D eigenvalue weighted by atomic mass is 10.1. The molecule has 3 rings (SSSR count). The molecule has 0 aliphatic carbocycles. The predicted molar refractivity (Wildman–Crippen MR) is 151 cm³/mol. The maximum atomic E-state index is 12.9. The van der Waals surface area contributed by atoms with Crippen LogP contribution in [0.1, 0.15) is 49.2 Å². The Balaban J connectivity index is 1.60. The molecule has 0 bridgehead atoms. The third-order valence-corrected chi connectivity index (χ3v) is 7.61. The van der Waals surface area contributed by atoms with Gasteiger partial charge in [-0.1, -0.05) is 34.5 Å². The van der Waals surface area contributed by atoms with Gasteiger partial charge in [0.05, 0.1) is 5.56 Å². The third-order valence-electron chi connectivity index (χ3n) is 5.64. The molecule has 1 saturated heterocycles. The number of carbonyl (C=O) groups excluding carboxylic acids is 2. The second-order valence-corrected chi connectivity index (χ2v) is 12.2. The minimum absolute atomic E-state index is 0.238. The van der Waals surface area contributed by atoms with Gasteiger partial charge in [-0.25, -0.2) is 4.79 Å². The number of benzene rings is 2. The molecular formula is C26H34BrClN4O3S. The summed E-state index contributed by atoms with van der Waals surface area (Å²) >= 11 is 11.5. The number of rotatable bonds is 7. The molecular weight excluding hydrogens is 564 g/mol. The molecule has 10 heteroatoms. The summed E-state index contributed by atoms with van der Waals surface area (Å²) in [5.74, 6) is 0.693. The highest BCUT2D eigenvalue weighted by molar-refractivity contribution is 9.10. The lowest BCUT2D eigenvalue weighted by molar-refractivity contribution is 0.0139. The minimum atomic E-state index is -0.504. The Kier molecular flexibility index (Phi) is 9.97. The SMILES string of the molecule is CCSc1ccc(Cl)cc1CNC(=O)c1cc(Br)c(CN2CCN(C(=O)OC(C)(C)C)CC2)cc1N. The highest BCUT2D eigenvalue weighted by atomic mass is 79.9. The van der Waals surface area contributed by atoms with Gasteiger partial charge >= 0.3 is 6.09 Å². The summed E-state index contributed by atoms with van der Waals surface area (Å²) in [6, 6.07) is 9.33. The molecule has 0 unspecified atom stereocenters. The predicted octanol–water partition coefficient (Wildman–Crippen LogP) is 5.78. The number of hydrogen-bond acceptors (Lipinski definition) is 6. The monoisotopic (exact) mass is 596 g/mol. The summed E-state index contributed by atoms with van der Waals surface area (Å²) in [5.41, 5.74) is 8.60. The van der Waals surface area contributed by atoms with Gasteiger partial charge in [-0.15, -0.1) is 11.8 Å². The maximum absolute atomic E-state index is 12.9. The molecule has 3 N–H and O–H groups in total. The molecule has 0 radical (unpaired) electrons. The Labute approximate surface area is 231 Å². The van der Waals surface area contributed by atoms with Crippen LogP contribution in [0, 0.1) is 0 Å². The standard InChI is InChI=1S/C26H34BrClN4O3S/c1-5-36-23-7-6-19(28)12-17(23)15-30-24(33)20-14-21(27)18(13-22(20)29)16-31-8-10-32(11-9-31)25(34)35-26(2,3)4/h6-7,12-14H,5,8-11,15-16,29H2,1-4H3,(H,30,33). The fraction of sp³-hybridized carbons (Fsp3) is 0.462. The molecule has 1 aliphatic heterocycles. The molecule has 2 aromatic carbocycles. The van der Waals surface area contributed by atoms with Crippen LogP contribution in [0.5, 0.6) is 0 Å². The Morgan fingerprint density at radius 2 is 1.83 bits per heavy atom. The smallest absolute Gasteiger partial charge is 0.410 e. The molecule has 1 heterocycles. The number of carbonyl (C=O) groups is 2. The van der Waals surface area contributed by atoms with Gasteiger partial charge in [0.1, 0.15) is 5.60 Å². The van der Waals surface area contributed by atoms with Gasteiger partial charge in [0.15, 0.2) is 0 Å². The summed E-state index contributed by atoms with van der Waals surface area (Å²) in [6.07, 6.45) is -0.277. The van der Waals surface area contributed by atoms with Gasteiger partial charge in [-0.2, -0.15) is 0 Å². The molecule has 0 spiro atoms. The van der Waals surface area contributed by atoms with Crippen molar-refractivity contribution in [2.24, 2.45) is 0 Å². The summed E-state index contributed by atoms with van der Waals surface area (Å²) in [6.45, 7) is 11.4. The van der Waals surface area contributed by atoms with Gasteiger partial charge < -0.3 is 20.7 Å². The zero-order valence-electron chi connectivity index (χ0n) is 21.2. The average Bonchev–Trinajstić information content (AvgIpc) is 2.80. The molecule has 196 valence electrons. The fourth-order valence-corrected chi connectivity index (χ4v) is 5.32. The molecule has 0 saturated carbocycles. The maximum Gasteiger partial charge on any atom is 0.410 e. The van der Waals surface area contributed by atoms with E-state index in [1.807, 2.05) is 45.0 Å². The quantitative estimate of drug-likeness (QED) is 0.311. The molecule has 0 aromatic heterocycles. The van der Waals surface area contributed by atoms with Crippen molar-refractivity contribution in [1.82, 2.24) is 15.1 Å². The van der Waals surface area contributed by atoms with E-state index in [1.165, 1.54) is 0 Å². The van der Waals surface area contributed by atoms with E-state index in [0.717, 1.165) is 39.3 Å². The summed E-state index contributed by atoms with van der Waals surface area (Å²) in [7, 11) is 0. The summed E-state index contributed by atoms with van der Waals surface area (Å²) in [5, 5.41) is 3.61. The van der Waals surface area contributed by atoms with Crippen molar-refractivity contribution in [3.05, 3.63) is 56.5 Å². The molecule has 7 nitrogen and oxygen atoms in total. The van der Waals surface area contributed by atoms with Crippen molar-refractivity contribution in [2.75, 3.05) is 37.7 Å². The zero-order chi connectivity index (χ0) is 26.5. The first kappa shape index (κ1) is 28.6. The zero-order valence-corrected chi connectivity index (χ0v) is 24.4. The first-order valence-corrected chi connectivity index (χ1v) is 14.1.